The van der Waals surface area contributed by atoms with Gasteiger partial charge in [-0.3, -0.25) is 0 Å². The van der Waals surface area contributed by atoms with E-state index in [2.05, 4.69) is 41.9 Å². The molecule has 2 aromatic heterocycles. The number of piperidine rings is 1. The summed E-state index contributed by atoms with van der Waals surface area (Å²) in [5.41, 5.74) is 2.32. The van der Waals surface area contributed by atoms with Gasteiger partial charge in [0.05, 0.1) is 6.04 Å². The number of rotatable bonds is 6. The molecule has 0 N–H and O–H groups in total. The highest BCUT2D eigenvalue weighted by molar-refractivity contribution is 6.25. The van der Waals surface area contributed by atoms with Crippen LogP contribution in [0.1, 0.15) is 37.9 Å². The zero-order valence-electron chi connectivity index (χ0n) is 16.9. The van der Waals surface area contributed by atoms with Crippen molar-refractivity contribution in [2.45, 2.75) is 38.1 Å². The van der Waals surface area contributed by atoms with Crippen LogP contribution in [-0.2, 0) is 0 Å². The van der Waals surface area contributed by atoms with Crippen LogP contribution in [0.4, 0.5) is 0 Å². The topological polar surface area (TPSA) is 74.3 Å². The third kappa shape index (κ3) is 4.82. The van der Waals surface area contributed by atoms with E-state index in [1.165, 1.54) is 5.54 Å². The lowest BCUT2D eigenvalue weighted by molar-refractivity contribution is 0.260. The minimum absolute atomic E-state index is 0.0816. The molecule has 3 rings (SSSR count). The summed E-state index contributed by atoms with van der Waals surface area (Å²) in [5.74, 6) is 2.07. The van der Waals surface area contributed by atoms with Gasteiger partial charge in [0.2, 0.25) is 5.96 Å². The molecule has 1 aliphatic heterocycles. The van der Waals surface area contributed by atoms with Crippen molar-refractivity contribution in [3.05, 3.63) is 48.4 Å². The molecule has 0 saturated carbocycles. The number of aromatic nitrogens is 4. The van der Waals surface area contributed by atoms with Gasteiger partial charge < -0.3 is 9.80 Å². The Morgan fingerprint density at radius 2 is 2.21 bits per heavy atom. The van der Waals surface area contributed by atoms with Gasteiger partial charge in [-0.15, -0.1) is 21.9 Å². The Morgan fingerprint density at radius 1 is 1.41 bits per heavy atom. The SMILES string of the molecule is C=CC(C/C=C/Cl)N(C)/C(=N\N=C\C)N1CCC(c2nnc3cccnn23)CC1. The fourth-order valence-corrected chi connectivity index (χ4v) is 3.67. The molecule has 1 saturated heterocycles. The fraction of sp³-hybridized carbons (Fsp3) is 0.450. The Bertz CT molecular complexity index is 895. The van der Waals surface area contributed by atoms with Crippen molar-refractivity contribution < 1.29 is 0 Å². The van der Waals surface area contributed by atoms with Gasteiger partial charge >= 0.3 is 0 Å². The Hall–Kier alpha value is -2.74. The van der Waals surface area contributed by atoms with E-state index < -0.39 is 0 Å². The standard InChI is InChI=1S/C20H27ClN8/c1-4-17(8-6-12-21)27(3)20(26-22-5-2)28-14-10-16(11-15-28)19-25-24-18-9-7-13-23-29(18)19/h4-7,9,12-13,16-17H,1,8,10-11,14-15H2,2-3H3/b12-6+,22-5+,26-20+. The van der Waals surface area contributed by atoms with Crippen LogP contribution in [0.15, 0.2) is 52.8 Å². The fourth-order valence-electron chi connectivity index (χ4n) is 3.57. The highest BCUT2D eigenvalue weighted by atomic mass is 35.5. The number of hydrogen-bond donors (Lipinski definition) is 0. The van der Waals surface area contributed by atoms with Gasteiger partial charge in [0.25, 0.3) is 0 Å². The molecule has 154 valence electrons. The first-order chi connectivity index (χ1) is 14.2. The summed E-state index contributed by atoms with van der Waals surface area (Å²) in [6, 6.07) is 3.88. The zero-order chi connectivity index (χ0) is 20.6. The van der Waals surface area contributed by atoms with Crippen molar-refractivity contribution in [2.75, 3.05) is 20.1 Å². The van der Waals surface area contributed by atoms with Crippen LogP contribution < -0.4 is 0 Å². The Morgan fingerprint density at radius 3 is 2.90 bits per heavy atom. The van der Waals surface area contributed by atoms with Crippen molar-refractivity contribution in [2.24, 2.45) is 10.2 Å². The van der Waals surface area contributed by atoms with Gasteiger partial charge in [-0.05, 0) is 38.3 Å². The molecule has 8 nitrogen and oxygen atoms in total. The van der Waals surface area contributed by atoms with Gasteiger partial charge in [0, 0.05) is 44.0 Å². The molecule has 0 bridgehead atoms. The first-order valence-electron chi connectivity index (χ1n) is 9.77. The van der Waals surface area contributed by atoms with Crippen LogP contribution in [0.2, 0.25) is 0 Å². The molecule has 0 aliphatic carbocycles. The zero-order valence-corrected chi connectivity index (χ0v) is 17.7. The van der Waals surface area contributed by atoms with Crippen LogP contribution in [0.25, 0.3) is 5.65 Å². The van der Waals surface area contributed by atoms with E-state index in [1.807, 2.05) is 42.8 Å². The van der Waals surface area contributed by atoms with Gasteiger partial charge in [-0.25, -0.2) is 0 Å². The van der Waals surface area contributed by atoms with E-state index >= 15 is 0 Å². The molecule has 1 unspecified atom stereocenters. The van der Waals surface area contributed by atoms with E-state index in [0.717, 1.165) is 49.8 Å². The second-order valence-corrected chi connectivity index (χ2v) is 7.15. The monoisotopic (exact) mass is 414 g/mol. The second-order valence-electron chi connectivity index (χ2n) is 6.90. The minimum Gasteiger partial charge on any atom is -0.341 e. The smallest absolute Gasteiger partial charge is 0.221 e. The maximum absolute atomic E-state index is 5.71. The largest absolute Gasteiger partial charge is 0.341 e. The van der Waals surface area contributed by atoms with Crippen molar-refractivity contribution in [1.29, 1.82) is 0 Å². The molecule has 2 aromatic rings. The molecule has 0 radical (unpaired) electrons. The number of likely N-dealkylation sites (N-methyl/N-ethyl adjacent to an activating group) is 1. The van der Waals surface area contributed by atoms with E-state index in [9.17, 15) is 0 Å². The number of fused-ring (bicyclic) bond motifs is 1. The molecule has 29 heavy (non-hydrogen) atoms. The quantitative estimate of drug-likeness (QED) is 0.314. The molecular weight excluding hydrogens is 388 g/mol. The van der Waals surface area contributed by atoms with Crippen LogP contribution in [0.5, 0.6) is 0 Å². The summed E-state index contributed by atoms with van der Waals surface area (Å²) in [6.07, 6.45) is 9.93. The lowest BCUT2D eigenvalue weighted by Gasteiger charge is -2.38. The molecule has 0 spiro atoms. The summed E-state index contributed by atoms with van der Waals surface area (Å²) >= 11 is 5.71. The molecule has 1 aliphatic rings. The molecule has 3 heterocycles. The van der Waals surface area contributed by atoms with Gasteiger partial charge in [0.1, 0.15) is 0 Å². The van der Waals surface area contributed by atoms with Crippen molar-refractivity contribution in [3.8, 4) is 0 Å². The lowest BCUT2D eigenvalue weighted by Crippen LogP contribution is -2.49. The maximum atomic E-state index is 5.71. The minimum atomic E-state index is 0.0816. The lowest BCUT2D eigenvalue weighted by atomic mass is 9.96. The van der Waals surface area contributed by atoms with E-state index in [1.54, 1.807) is 12.4 Å². The first kappa shape index (κ1) is 21.0. The van der Waals surface area contributed by atoms with E-state index in [0.29, 0.717) is 5.92 Å². The molecule has 1 fully saturated rings. The number of nitrogens with zero attached hydrogens (tertiary/aromatic N) is 8. The molecular formula is C20H27ClN8. The van der Waals surface area contributed by atoms with Crippen LogP contribution in [-0.4, -0.2) is 68.0 Å². The Labute approximate surface area is 176 Å². The Kier molecular flexibility index (Phi) is 7.35. The summed E-state index contributed by atoms with van der Waals surface area (Å²) in [5, 5.41) is 21.6. The highest BCUT2D eigenvalue weighted by Gasteiger charge is 2.29. The predicted molar refractivity (Wildman–Crippen MR) is 117 cm³/mol. The van der Waals surface area contributed by atoms with Crippen LogP contribution >= 0.6 is 11.6 Å². The normalized spacial score (nSPS) is 17.5. The summed E-state index contributed by atoms with van der Waals surface area (Å²) in [6.45, 7) is 7.52. The van der Waals surface area contributed by atoms with E-state index in [4.69, 9.17) is 11.6 Å². The average molecular weight is 415 g/mol. The molecule has 9 heteroatoms. The third-order valence-electron chi connectivity index (χ3n) is 5.16. The molecule has 1 atom stereocenters. The maximum Gasteiger partial charge on any atom is 0.221 e. The predicted octanol–water partition coefficient (Wildman–Crippen LogP) is 3.29. The van der Waals surface area contributed by atoms with Gasteiger partial charge in [-0.2, -0.15) is 14.7 Å². The summed E-state index contributed by atoms with van der Waals surface area (Å²) in [7, 11) is 2.01. The highest BCUT2D eigenvalue weighted by Crippen LogP contribution is 2.27. The third-order valence-corrected chi connectivity index (χ3v) is 5.34. The van der Waals surface area contributed by atoms with Crippen molar-refractivity contribution in [1.82, 2.24) is 29.6 Å². The summed E-state index contributed by atoms with van der Waals surface area (Å²) in [4.78, 5) is 4.37. The van der Waals surface area contributed by atoms with Gasteiger partial charge in [-0.1, -0.05) is 23.8 Å². The first-order valence-corrected chi connectivity index (χ1v) is 10.2. The van der Waals surface area contributed by atoms with Gasteiger partial charge in [0.15, 0.2) is 11.5 Å². The Balaban J connectivity index is 1.74. The van der Waals surface area contributed by atoms with Crippen LogP contribution in [0.3, 0.4) is 0 Å². The number of guanidine groups is 1. The van der Waals surface area contributed by atoms with Crippen molar-refractivity contribution >= 4 is 29.4 Å². The molecule has 0 amide bonds. The second kappa shape index (κ2) is 10.2. The number of hydrogen-bond acceptors (Lipinski definition) is 5. The number of likely N-dealkylation sites (tertiary alicyclic amines) is 1. The number of halogens is 1. The average Bonchev–Trinajstić information content (AvgIpc) is 3.19. The van der Waals surface area contributed by atoms with Crippen LogP contribution in [0, 0.1) is 0 Å². The van der Waals surface area contributed by atoms with Crippen molar-refractivity contribution in [3.63, 3.8) is 0 Å². The summed E-state index contributed by atoms with van der Waals surface area (Å²) < 4.78 is 1.84. The molecule has 0 aromatic carbocycles. The van der Waals surface area contributed by atoms with E-state index in [-0.39, 0.29) is 6.04 Å².